The Morgan fingerprint density at radius 2 is 0.976 bits per heavy atom. The average molecular weight is 547 g/mol. The van der Waals surface area contributed by atoms with E-state index in [1.54, 1.807) is 17.0 Å². The van der Waals surface area contributed by atoms with Gasteiger partial charge in [0.2, 0.25) is 0 Å². The van der Waals surface area contributed by atoms with Crippen LogP contribution in [-0.2, 0) is 0 Å². The molecule has 0 atom stereocenters. The van der Waals surface area contributed by atoms with Crippen molar-refractivity contribution in [3.63, 3.8) is 0 Å². The lowest BCUT2D eigenvalue weighted by Gasteiger charge is -2.26. The van der Waals surface area contributed by atoms with Crippen LogP contribution in [0.1, 0.15) is 6.85 Å². The highest BCUT2D eigenvalue weighted by atomic mass is 19.1. The molecule has 7 aromatic carbocycles. The minimum Gasteiger partial charge on any atom is -0.311 e. The van der Waals surface area contributed by atoms with Crippen LogP contribution in [0, 0.1) is 5.82 Å². The first-order valence-electron chi connectivity index (χ1n) is 16.2. The molecule has 0 spiro atoms. The molecular formula is C40H28FN. The third-order valence-electron chi connectivity index (χ3n) is 7.45. The molecule has 0 saturated heterocycles. The predicted molar refractivity (Wildman–Crippen MR) is 175 cm³/mol. The van der Waals surface area contributed by atoms with Crippen molar-refractivity contribution in [1.82, 2.24) is 0 Å². The zero-order valence-corrected chi connectivity index (χ0v) is 22.6. The molecule has 200 valence electrons. The van der Waals surface area contributed by atoms with E-state index in [2.05, 4.69) is 0 Å². The molecule has 0 fully saturated rings. The number of rotatable bonds is 6. The van der Waals surface area contributed by atoms with E-state index in [-0.39, 0.29) is 23.6 Å². The van der Waals surface area contributed by atoms with E-state index in [0.29, 0.717) is 16.9 Å². The zero-order chi connectivity index (χ0) is 32.7. The average Bonchev–Trinajstić information content (AvgIpc) is 3.12. The third kappa shape index (κ3) is 4.84. The Labute approximate surface area is 252 Å². The molecule has 0 aromatic heterocycles. The van der Waals surface area contributed by atoms with Crippen molar-refractivity contribution in [2.45, 2.75) is 0 Å². The summed E-state index contributed by atoms with van der Waals surface area (Å²) >= 11 is 0. The number of benzene rings is 7. The maximum absolute atomic E-state index is 15.0. The van der Waals surface area contributed by atoms with Gasteiger partial charge >= 0.3 is 0 Å². The predicted octanol–water partition coefficient (Wildman–Crippen LogP) is 11.4. The second kappa shape index (κ2) is 11.2. The van der Waals surface area contributed by atoms with Gasteiger partial charge in [-0.3, -0.25) is 0 Å². The lowest BCUT2D eigenvalue weighted by atomic mass is 9.91. The molecule has 7 rings (SSSR count). The fraction of sp³-hybridized carbons (Fsp3) is 0. The van der Waals surface area contributed by atoms with E-state index in [1.165, 1.54) is 6.07 Å². The molecule has 0 unspecified atom stereocenters. The van der Waals surface area contributed by atoms with Crippen molar-refractivity contribution in [2.75, 3.05) is 4.90 Å². The van der Waals surface area contributed by atoms with E-state index in [9.17, 15) is 4.39 Å². The molecule has 2 heteroatoms. The first-order chi connectivity index (χ1) is 22.8. The molecule has 0 N–H and O–H groups in total. The Balaban J connectivity index is 1.38. The number of hydrogen-bond donors (Lipinski definition) is 0. The second-order valence-corrected chi connectivity index (χ2v) is 9.96. The van der Waals surface area contributed by atoms with E-state index in [4.69, 9.17) is 6.85 Å². The van der Waals surface area contributed by atoms with E-state index >= 15 is 0 Å². The van der Waals surface area contributed by atoms with Crippen molar-refractivity contribution in [2.24, 2.45) is 0 Å². The summed E-state index contributed by atoms with van der Waals surface area (Å²) in [7, 11) is 0. The molecule has 1 nitrogen and oxygen atoms in total. The first-order valence-corrected chi connectivity index (χ1v) is 13.7. The topological polar surface area (TPSA) is 3.24 Å². The molecule has 0 aliphatic carbocycles. The number of nitrogens with zero attached hydrogens (tertiary/aromatic N) is 1. The largest absolute Gasteiger partial charge is 0.311 e. The van der Waals surface area contributed by atoms with Gasteiger partial charge in [0.15, 0.2) is 0 Å². The Morgan fingerprint density at radius 3 is 1.64 bits per heavy atom. The summed E-state index contributed by atoms with van der Waals surface area (Å²) in [5.41, 5.74) is 6.49. The Bertz CT molecular complexity index is 2220. The summed E-state index contributed by atoms with van der Waals surface area (Å²) in [6.45, 7) is 0. The van der Waals surface area contributed by atoms with Crippen LogP contribution in [-0.4, -0.2) is 0 Å². The van der Waals surface area contributed by atoms with Crippen molar-refractivity contribution < 1.29 is 11.2 Å². The minimum atomic E-state index is -0.444. The fourth-order valence-electron chi connectivity index (χ4n) is 5.47. The van der Waals surface area contributed by atoms with Crippen LogP contribution in [0.15, 0.2) is 170 Å². The van der Waals surface area contributed by atoms with E-state index in [0.717, 1.165) is 38.6 Å². The molecular weight excluding hydrogens is 513 g/mol. The fourth-order valence-corrected chi connectivity index (χ4v) is 5.47. The van der Waals surface area contributed by atoms with Gasteiger partial charge in [0.1, 0.15) is 5.82 Å². The van der Waals surface area contributed by atoms with Gasteiger partial charge in [0.05, 0.1) is 6.85 Å². The van der Waals surface area contributed by atoms with Crippen molar-refractivity contribution >= 4 is 27.8 Å². The van der Waals surface area contributed by atoms with Crippen LogP contribution in [0.3, 0.4) is 0 Å². The van der Waals surface area contributed by atoms with Crippen LogP contribution in [0.2, 0.25) is 0 Å². The van der Waals surface area contributed by atoms with Gasteiger partial charge in [-0.1, -0.05) is 127 Å². The molecule has 0 aliphatic heterocycles. The van der Waals surface area contributed by atoms with Crippen molar-refractivity contribution in [3.8, 4) is 33.4 Å². The zero-order valence-electron chi connectivity index (χ0n) is 27.6. The molecule has 0 heterocycles. The summed E-state index contributed by atoms with van der Waals surface area (Å²) < 4.78 is 57.5. The van der Waals surface area contributed by atoms with Crippen LogP contribution in [0.5, 0.6) is 0 Å². The van der Waals surface area contributed by atoms with Gasteiger partial charge in [-0.2, -0.15) is 0 Å². The molecule has 0 bridgehead atoms. The number of halogens is 1. The molecule has 0 saturated carbocycles. The van der Waals surface area contributed by atoms with Gasteiger partial charge in [0.25, 0.3) is 0 Å². The molecule has 0 radical (unpaired) electrons. The smallest absolute Gasteiger partial charge is 0.131 e. The monoisotopic (exact) mass is 546 g/mol. The van der Waals surface area contributed by atoms with Gasteiger partial charge in [-0.25, -0.2) is 4.39 Å². The Morgan fingerprint density at radius 1 is 0.429 bits per heavy atom. The van der Waals surface area contributed by atoms with Crippen molar-refractivity contribution in [3.05, 3.63) is 176 Å². The number of anilines is 3. The lowest BCUT2D eigenvalue weighted by molar-refractivity contribution is 0.631. The number of para-hydroxylation sites is 1. The van der Waals surface area contributed by atoms with E-state index < -0.39 is 18.1 Å². The van der Waals surface area contributed by atoms with Crippen LogP contribution >= 0.6 is 0 Å². The summed E-state index contributed by atoms with van der Waals surface area (Å²) in [6, 6.07) is 42.1. The normalized spacial score (nSPS) is 12.6. The molecule has 0 aliphatic rings. The van der Waals surface area contributed by atoms with Crippen LogP contribution in [0.4, 0.5) is 21.5 Å². The van der Waals surface area contributed by atoms with Gasteiger partial charge in [-0.05, 0) is 81.0 Å². The number of fused-ring (bicyclic) bond motifs is 1. The summed E-state index contributed by atoms with van der Waals surface area (Å²) in [5, 5.41) is 1.90. The standard InChI is InChI=1S/C40H28FN/c41-39-20-8-7-17-37(39)38-19-10-14-32-13-9-18-36(40(32)38)31-23-27-35(28-24-31)42(33-15-5-2-6-16-33)34-25-21-30(22-26-34)29-11-3-1-4-12-29/h1-28H/i2D,5D,6D,15D,16D. The molecule has 0 amide bonds. The van der Waals surface area contributed by atoms with Crippen LogP contribution < -0.4 is 4.90 Å². The Kier molecular flexibility index (Phi) is 5.44. The van der Waals surface area contributed by atoms with Gasteiger partial charge in [0, 0.05) is 22.6 Å². The lowest BCUT2D eigenvalue weighted by Crippen LogP contribution is -2.09. The quantitative estimate of drug-likeness (QED) is 0.200. The summed E-state index contributed by atoms with van der Waals surface area (Å²) in [4.78, 5) is 1.70. The maximum atomic E-state index is 15.0. The summed E-state index contributed by atoms with van der Waals surface area (Å²) in [6.07, 6.45) is 0. The highest BCUT2D eigenvalue weighted by molar-refractivity contribution is 6.06. The van der Waals surface area contributed by atoms with Gasteiger partial charge in [-0.15, -0.1) is 0 Å². The highest BCUT2D eigenvalue weighted by Crippen LogP contribution is 2.40. The van der Waals surface area contributed by atoms with Gasteiger partial charge < -0.3 is 4.90 Å². The van der Waals surface area contributed by atoms with E-state index in [1.807, 2.05) is 121 Å². The first kappa shape index (κ1) is 20.4. The number of hydrogen-bond acceptors (Lipinski definition) is 1. The third-order valence-corrected chi connectivity index (χ3v) is 7.45. The summed E-state index contributed by atoms with van der Waals surface area (Å²) in [5.74, 6) is -0.294. The Hall–Kier alpha value is -5.47. The van der Waals surface area contributed by atoms with Crippen LogP contribution in [0.25, 0.3) is 44.2 Å². The molecule has 42 heavy (non-hydrogen) atoms. The van der Waals surface area contributed by atoms with Crippen molar-refractivity contribution in [1.29, 1.82) is 0 Å². The SMILES string of the molecule is [2H]c1c([2H])c([2H])c(N(c2ccc(-c3ccccc3)cc2)c2ccc(-c3cccc4cccc(-c5ccccc5F)c34)cc2)c([2H])c1[2H]. The maximum Gasteiger partial charge on any atom is 0.131 e. The highest BCUT2D eigenvalue weighted by Gasteiger charge is 2.15. The minimum absolute atomic E-state index is 0.0585. The molecule has 7 aromatic rings. The second-order valence-electron chi connectivity index (χ2n) is 9.96.